The smallest absolute Gasteiger partial charge is 0.374 e. The summed E-state index contributed by atoms with van der Waals surface area (Å²) in [5.41, 5.74) is 1.41. The van der Waals surface area contributed by atoms with Crippen molar-refractivity contribution in [2.45, 2.75) is 73.3 Å². The van der Waals surface area contributed by atoms with Crippen molar-refractivity contribution in [3.05, 3.63) is 11.6 Å². The second kappa shape index (κ2) is 12.4. The van der Waals surface area contributed by atoms with Crippen molar-refractivity contribution in [2.24, 2.45) is 5.92 Å². The minimum absolute atomic E-state index is 0.669. The molecule has 0 heterocycles. The van der Waals surface area contributed by atoms with Crippen molar-refractivity contribution in [1.82, 2.24) is 0 Å². The van der Waals surface area contributed by atoms with E-state index in [1.807, 2.05) is 20.8 Å². The summed E-state index contributed by atoms with van der Waals surface area (Å²) in [4.78, 5) is 0. The van der Waals surface area contributed by atoms with Crippen LogP contribution in [-0.4, -0.2) is 28.6 Å². The first-order valence-corrected chi connectivity index (χ1v) is 10.5. The van der Waals surface area contributed by atoms with E-state index in [9.17, 15) is 0 Å². The molecule has 126 valence electrons. The van der Waals surface area contributed by atoms with Gasteiger partial charge in [0.2, 0.25) is 0 Å². The van der Waals surface area contributed by atoms with Gasteiger partial charge in [-0.15, -0.1) is 0 Å². The highest BCUT2D eigenvalue weighted by Crippen LogP contribution is 2.22. The minimum Gasteiger partial charge on any atom is -0.374 e. The molecule has 0 aliphatic heterocycles. The Morgan fingerprint density at radius 1 is 0.952 bits per heavy atom. The van der Waals surface area contributed by atoms with Crippen LogP contribution in [0.2, 0.25) is 6.04 Å². The highest BCUT2D eigenvalue weighted by Gasteiger charge is 2.39. The summed E-state index contributed by atoms with van der Waals surface area (Å²) in [6.45, 7) is 14.7. The van der Waals surface area contributed by atoms with Gasteiger partial charge < -0.3 is 13.3 Å². The number of allylic oxidation sites excluding steroid dienone is 2. The second-order valence-electron chi connectivity index (χ2n) is 5.84. The van der Waals surface area contributed by atoms with Gasteiger partial charge in [0, 0.05) is 25.9 Å². The first kappa shape index (κ1) is 20.8. The highest BCUT2D eigenvalue weighted by molar-refractivity contribution is 6.60. The fourth-order valence-corrected chi connectivity index (χ4v) is 5.11. The lowest BCUT2D eigenvalue weighted by molar-refractivity contribution is 0.0704. The molecule has 0 aliphatic rings. The zero-order valence-electron chi connectivity index (χ0n) is 15.0. The van der Waals surface area contributed by atoms with E-state index < -0.39 is 8.80 Å². The Morgan fingerprint density at radius 3 is 1.90 bits per heavy atom. The minimum atomic E-state index is -2.42. The van der Waals surface area contributed by atoms with Crippen LogP contribution < -0.4 is 0 Å². The van der Waals surface area contributed by atoms with E-state index >= 15 is 0 Å². The molecule has 0 aromatic heterocycles. The van der Waals surface area contributed by atoms with Gasteiger partial charge in [0.1, 0.15) is 0 Å². The Bertz CT molecular complexity index is 258. The molecule has 0 aromatic rings. The van der Waals surface area contributed by atoms with Crippen LogP contribution in [0.4, 0.5) is 0 Å². The van der Waals surface area contributed by atoms with Crippen LogP contribution in [0.5, 0.6) is 0 Å². The van der Waals surface area contributed by atoms with E-state index in [2.05, 4.69) is 26.8 Å². The van der Waals surface area contributed by atoms with Gasteiger partial charge in [-0.1, -0.05) is 25.0 Å². The fourth-order valence-electron chi connectivity index (χ4n) is 2.47. The largest absolute Gasteiger partial charge is 0.500 e. The van der Waals surface area contributed by atoms with Crippen LogP contribution >= 0.6 is 0 Å². The number of hydrogen-bond donors (Lipinski definition) is 0. The van der Waals surface area contributed by atoms with E-state index in [-0.39, 0.29) is 0 Å². The third kappa shape index (κ3) is 10.2. The molecule has 0 aliphatic carbocycles. The normalized spacial score (nSPS) is 13.2. The molecule has 1 unspecified atom stereocenters. The lowest BCUT2D eigenvalue weighted by atomic mass is 10.00. The lowest BCUT2D eigenvalue weighted by Crippen LogP contribution is -2.45. The third-order valence-corrected chi connectivity index (χ3v) is 6.64. The summed E-state index contributed by atoms with van der Waals surface area (Å²) in [6.07, 6.45) is 7.13. The van der Waals surface area contributed by atoms with Gasteiger partial charge in [-0.3, -0.25) is 0 Å². The van der Waals surface area contributed by atoms with Crippen LogP contribution in [-0.2, 0) is 13.3 Å². The second-order valence-corrected chi connectivity index (χ2v) is 8.57. The van der Waals surface area contributed by atoms with Gasteiger partial charge >= 0.3 is 8.80 Å². The molecule has 0 saturated carbocycles. The van der Waals surface area contributed by atoms with Gasteiger partial charge in [0.05, 0.1) is 0 Å². The summed E-state index contributed by atoms with van der Waals surface area (Å²) in [5, 5.41) is 0. The van der Waals surface area contributed by atoms with Crippen LogP contribution in [0, 0.1) is 5.92 Å². The predicted octanol–water partition coefficient (Wildman–Crippen LogP) is 5.20. The Balaban J connectivity index is 4.19. The topological polar surface area (TPSA) is 27.7 Å². The summed E-state index contributed by atoms with van der Waals surface area (Å²) in [7, 11) is -2.42. The molecular weight excluding hydrogens is 280 g/mol. The van der Waals surface area contributed by atoms with Crippen molar-refractivity contribution in [3.8, 4) is 0 Å². The maximum Gasteiger partial charge on any atom is 0.500 e. The van der Waals surface area contributed by atoms with Crippen molar-refractivity contribution < 1.29 is 13.3 Å². The molecule has 0 rings (SSSR count). The highest BCUT2D eigenvalue weighted by atomic mass is 28.4. The molecule has 3 nitrogen and oxygen atoms in total. The van der Waals surface area contributed by atoms with E-state index in [1.54, 1.807) is 0 Å². The van der Waals surface area contributed by atoms with Crippen LogP contribution in [0.3, 0.4) is 0 Å². The predicted molar refractivity (Wildman–Crippen MR) is 92.5 cm³/mol. The molecule has 0 aromatic carbocycles. The quantitative estimate of drug-likeness (QED) is 0.345. The van der Waals surface area contributed by atoms with Crippen molar-refractivity contribution >= 4 is 8.80 Å². The SMILES string of the molecule is CCO[Si](CCCC(C)CCC=C(C)C)(OCC)OCC. The first-order chi connectivity index (χ1) is 9.99. The van der Waals surface area contributed by atoms with E-state index in [0.717, 1.165) is 18.4 Å². The van der Waals surface area contributed by atoms with E-state index in [0.29, 0.717) is 19.8 Å². The number of rotatable bonds is 13. The molecule has 0 spiro atoms. The molecule has 21 heavy (non-hydrogen) atoms. The lowest BCUT2D eigenvalue weighted by Gasteiger charge is -2.28. The molecular formula is C17H36O3Si. The molecule has 0 saturated heterocycles. The molecule has 1 atom stereocenters. The molecule has 0 bridgehead atoms. The maximum absolute atomic E-state index is 5.89. The third-order valence-electron chi connectivity index (χ3n) is 3.48. The molecule has 4 heteroatoms. The van der Waals surface area contributed by atoms with Gasteiger partial charge in [-0.25, -0.2) is 0 Å². The standard InChI is InChI=1S/C17H36O3Si/c1-7-18-21(19-8-2,20-9-3)15-11-14-17(6)13-10-12-16(4)5/h12,17H,7-11,13-15H2,1-6H3. The number of hydrogen-bond acceptors (Lipinski definition) is 3. The summed E-state index contributed by atoms with van der Waals surface area (Å²) in [6, 6.07) is 0.940. The van der Waals surface area contributed by atoms with Crippen LogP contribution in [0.15, 0.2) is 11.6 Å². The van der Waals surface area contributed by atoms with Gasteiger partial charge in [0.25, 0.3) is 0 Å². The molecule has 0 radical (unpaired) electrons. The summed E-state index contributed by atoms with van der Waals surface area (Å²) >= 11 is 0. The van der Waals surface area contributed by atoms with Crippen molar-refractivity contribution in [3.63, 3.8) is 0 Å². The molecule has 0 N–H and O–H groups in total. The molecule has 0 fully saturated rings. The van der Waals surface area contributed by atoms with Gasteiger partial charge in [0.15, 0.2) is 0 Å². The van der Waals surface area contributed by atoms with E-state index in [1.165, 1.54) is 24.8 Å². The van der Waals surface area contributed by atoms with Gasteiger partial charge in [-0.2, -0.15) is 0 Å². The first-order valence-electron chi connectivity index (χ1n) is 8.54. The zero-order chi connectivity index (χ0) is 16.1. The van der Waals surface area contributed by atoms with Gasteiger partial charge in [-0.05, 0) is 59.8 Å². The monoisotopic (exact) mass is 316 g/mol. The van der Waals surface area contributed by atoms with Crippen molar-refractivity contribution in [1.29, 1.82) is 0 Å². The average Bonchev–Trinajstić information content (AvgIpc) is 2.39. The Labute approximate surface area is 133 Å². The Hall–Kier alpha value is -0.163. The fraction of sp³-hybridized carbons (Fsp3) is 0.882. The Kier molecular flexibility index (Phi) is 12.3. The zero-order valence-corrected chi connectivity index (χ0v) is 16.0. The van der Waals surface area contributed by atoms with Crippen LogP contribution in [0.1, 0.15) is 67.2 Å². The average molecular weight is 317 g/mol. The summed E-state index contributed by atoms with van der Waals surface area (Å²) < 4.78 is 17.7. The summed E-state index contributed by atoms with van der Waals surface area (Å²) in [5.74, 6) is 0.747. The van der Waals surface area contributed by atoms with E-state index in [4.69, 9.17) is 13.3 Å². The van der Waals surface area contributed by atoms with Crippen LogP contribution in [0.25, 0.3) is 0 Å². The Morgan fingerprint density at radius 2 is 1.48 bits per heavy atom. The maximum atomic E-state index is 5.89. The molecule has 0 amide bonds. The van der Waals surface area contributed by atoms with Crippen molar-refractivity contribution in [2.75, 3.05) is 19.8 Å².